The summed E-state index contributed by atoms with van der Waals surface area (Å²) in [4.78, 5) is 0.849. The molecule has 0 atom stereocenters. The van der Waals surface area contributed by atoms with Crippen molar-refractivity contribution in [1.29, 1.82) is 5.26 Å². The number of nitrogens with two attached hydrogens (primary N) is 1. The molecule has 1 aromatic carbocycles. The van der Waals surface area contributed by atoms with Crippen LogP contribution in [-0.2, 0) is 0 Å². The van der Waals surface area contributed by atoms with E-state index in [0.717, 1.165) is 21.4 Å². The Morgan fingerprint density at radius 3 is 2.85 bits per heavy atom. The van der Waals surface area contributed by atoms with Crippen molar-refractivity contribution < 1.29 is 4.42 Å². The summed E-state index contributed by atoms with van der Waals surface area (Å²) in [5.41, 5.74) is 8.88. The van der Waals surface area contributed by atoms with Gasteiger partial charge in [-0.05, 0) is 36.6 Å². The highest BCUT2D eigenvalue weighted by Gasteiger charge is 2.13. The molecule has 2 aromatic heterocycles. The highest BCUT2D eigenvalue weighted by molar-refractivity contribution is 7.11. The first kappa shape index (κ1) is 12.5. The van der Waals surface area contributed by atoms with Crippen LogP contribution in [0.2, 0.25) is 0 Å². The number of benzene rings is 1. The molecule has 0 bridgehead atoms. The maximum Gasteiger partial charge on any atom is 0.152 e. The third kappa shape index (κ3) is 2.09. The molecule has 0 unspecified atom stereocenters. The number of nitrogens with zero attached hydrogens (tertiary/aromatic N) is 1. The van der Waals surface area contributed by atoms with E-state index in [-0.39, 0.29) is 0 Å². The number of furan rings is 1. The van der Waals surface area contributed by atoms with Crippen molar-refractivity contribution in [3.8, 4) is 6.07 Å². The lowest BCUT2D eigenvalue weighted by atomic mass is 10.1. The molecule has 0 amide bonds. The van der Waals surface area contributed by atoms with Gasteiger partial charge in [-0.2, -0.15) is 5.26 Å². The predicted molar refractivity (Wildman–Crippen MR) is 81.9 cm³/mol. The van der Waals surface area contributed by atoms with Crippen LogP contribution in [0.25, 0.3) is 22.2 Å². The van der Waals surface area contributed by atoms with Gasteiger partial charge in [0.15, 0.2) is 5.76 Å². The van der Waals surface area contributed by atoms with Crippen LogP contribution in [0.1, 0.15) is 16.2 Å². The van der Waals surface area contributed by atoms with Crippen molar-refractivity contribution in [3.63, 3.8) is 0 Å². The number of aryl methyl sites for hydroxylation is 1. The SMILES string of the molecule is Cc1ccc2oc(/C(N)=C(/C#N)c3cccs3)cc2c1. The van der Waals surface area contributed by atoms with Crippen LogP contribution in [0.5, 0.6) is 0 Å². The molecule has 3 aromatic rings. The zero-order valence-electron chi connectivity index (χ0n) is 10.9. The molecule has 0 aliphatic carbocycles. The standard InChI is InChI=1S/C16H12N2OS/c1-10-4-5-13-11(7-10)8-14(19-13)16(18)12(9-17)15-3-2-6-20-15/h2-8H,18H2,1H3/b16-12+. The van der Waals surface area contributed by atoms with E-state index in [2.05, 4.69) is 6.07 Å². The molecule has 0 saturated carbocycles. The van der Waals surface area contributed by atoms with Crippen molar-refractivity contribution in [2.24, 2.45) is 5.73 Å². The van der Waals surface area contributed by atoms with Gasteiger partial charge in [0, 0.05) is 10.3 Å². The van der Waals surface area contributed by atoms with E-state index in [1.54, 1.807) is 0 Å². The summed E-state index contributed by atoms with van der Waals surface area (Å²) in [7, 11) is 0. The van der Waals surface area contributed by atoms with Gasteiger partial charge in [0.25, 0.3) is 0 Å². The lowest BCUT2D eigenvalue weighted by molar-refractivity contribution is 0.599. The van der Waals surface area contributed by atoms with Crippen molar-refractivity contribution in [3.05, 3.63) is 58.0 Å². The average Bonchev–Trinajstić information content (AvgIpc) is 3.07. The Bertz CT molecular complexity index is 835. The number of thiophene rings is 1. The first-order valence-corrected chi connectivity index (χ1v) is 7.01. The van der Waals surface area contributed by atoms with E-state index in [0.29, 0.717) is 17.0 Å². The fraction of sp³-hybridized carbons (Fsp3) is 0.0625. The quantitative estimate of drug-likeness (QED) is 0.717. The molecule has 3 rings (SSSR count). The lowest BCUT2D eigenvalue weighted by Gasteiger charge is -2.00. The second kappa shape index (κ2) is 4.87. The minimum atomic E-state index is 0.379. The minimum absolute atomic E-state index is 0.379. The topological polar surface area (TPSA) is 62.9 Å². The zero-order valence-corrected chi connectivity index (χ0v) is 11.7. The molecule has 0 aliphatic rings. The number of nitriles is 1. The van der Waals surface area contributed by atoms with Crippen molar-refractivity contribution >= 4 is 33.6 Å². The lowest BCUT2D eigenvalue weighted by Crippen LogP contribution is -1.98. The maximum atomic E-state index is 9.33. The molecule has 0 fully saturated rings. The van der Waals surface area contributed by atoms with Crippen molar-refractivity contribution in [2.75, 3.05) is 0 Å². The summed E-state index contributed by atoms with van der Waals surface area (Å²) >= 11 is 1.49. The molecular weight excluding hydrogens is 268 g/mol. The van der Waals surface area contributed by atoms with E-state index in [9.17, 15) is 5.26 Å². The van der Waals surface area contributed by atoms with Crippen molar-refractivity contribution in [1.82, 2.24) is 0 Å². The van der Waals surface area contributed by atoms with E-state index >= 15 is 0 Å². The number of fused-ring (bicyclic) bond motifs is 1. The van der Waals surface area contributed by atoms with E-state index in [4.69, 9.17) is 10.2 Å². The smallest absolute Gasteiger partial charge is 0.152 e. The van der Waals surface area contributed by atoms with E-state index in [1.807, 2.05) is 48.7 Å². The molecule has 2 heterocycles. The van der Waals surface area contributed by atoms with Gasteiger partial charge in [0.2, 0.25) is 0 Å². The van der Waals surface area contributed by atoms with Crippen LogP contribution in [0.4, 0.5) is 0 Å². The Labute approximate surface area is 120 Å². The normalized spacial score (nSPS) is 12.2. The van der Waals surface area contributed by atoms with Crippen LogP contribution >= 0.6 is 11.3 Å². The van der Waals surface area contributed by atoms with E-state index < -0.39 is 0 Å². The van der Waals surface area contributed by atoms with Gasteiger partial charge in [-0.15, -0.1) is 11.3 Å². The van der Waals surface area contributed by atoms with Gasteiger partial charge in [-0.25, -0.2) is 0 Å². The molecule has 0 saturated heterocycles. The maximum absolute atomic E-state index is 9.33. The van der Waals surface area contributed by atoms with Gasteiger partial charge in [0.05, 0.1) is 11.3 Å². The van der Waals surface area contributed by atoms with Gasteiger partial charge >= 0.3 is 0 Å². The second-order valence-electron chi connectivity index (χ2n) is 4.53. The number of rotatable bonds is 2. The third-order valence-electron chi connectivity index (χ3n) is 3.09. The van der Waals surface area contributed by atoms with Crippen LogP contribution in [0.15, 0.2) is 46.2 Å². The zero-order chi connectivity index (χ0) is 14.1. The van der Waals surface area contributed by atoms with Gasteiger partial charge < -0.3 is 10.2 Å². The summed E-state index contributed by atoms with van der Waals surface area (Å²) in [6.45, 7) is 2.03. The molecule has 0 aliphatic heterocycles. The fourth-order valence-corrected chi connectivity index (χ4v) is 2.82. The highest BCUT2D eigenvalue weighted by Crippen LogP contribution is 2.29. The minimum Gasteiger partial charge on any atom is -0.454 e. The Morgan fingerprint density at radius 1 is 1.30 bits per heavy atom. The first-order valence-electron chi connectivity index (χ1n) is 6.13. The summed E-state index contributed by atoms with van der Waals surface area (Å²) in [6, 6.07) is 13.8. The van der Waals surface area contributed by atoms with Crippen LogP contribution in [-0.4, -0.2) is 0 Å². The Morgan fingerprint density at radius 2 is 2.15 bits per heavy atom. The predicted octanol–water partition coefficient (Wildman–Crippen LogP) is 4.15. The van der Waals surface area contributed by atoms with Crippen LogP contribution < -0.4 is 5.73 Å². The monoisotopic (exact) mass is 280 g/mol. The Balaban J connectivity index is 2.16. The molecule has 2 N–H and O–H groups in total. The number of hydrogen-bond acceptors (Lipinski definition) is 4. The average molecular weight is 280 g/mol. The van der Waals surface area contributed by atoms with Crippen LogP contribution in [0, 0.1) is 18.3 Å². The van der Waals surface area contributed by atoms with Gasteiger partial charge in [0.1, 0.15) is 11.7 Å². The molecule has 0 spiro atoms. The highest BCUT2D eigenvalue weighted by atomic mass is 32.1. The van der Waals surface area contributed by atoms with E-state index in [1.165, 1.54) is 11.3 Å². The Hall–Kier alpha value is -2.51. The van der Waals surface area contributed by atoms with Gasteiger partial charge in [-0.1, -0.05) is 17.7 Å². The number of hydrogen-bond donors (Lipinski definition) is 1. The van der Waals surface area contributed by atoms with Gasteiger partial charge in [-0.3, -0.25) is 0 Å². The molecule has 4 heteroatoms. The Kier molecular flexibility index (Phi) is 3.05. The summed E-state index contributed by atoms with van der Waals surface area (Å²) < 4.78 is 5.74. The molecule has 20 heavy (non-hydrogen) atoms. The third-order valence-corrected chi connectivity index (χ3v) is 3.97. The summed E-state index contributed by atoms with van der Waals surface area (Å²) in [5.74, 6) is 0.538. The first-order chi connectivity index (χ1) is 9.69. The fourth-order valence-electron chi connectivity index (χ4n) is 2.09. The van der Waals surface area contributed by atoms with Crippen LogP contribution in [0.3, 0.4) is 0 Å². The largest absolute Gasteiger partial charge is 0.454 e. The number of allylic oxidation sites excluding steroid dienone is 1. The molecular formula is C16H12N2OS. The summed E-state index contributed by atoms with van der Waals surface area (Å²) in [5, 5.41) is 12.2. The molecule has 98 valence electrons. The van der Waals surface area contributed by atoms with Crippen molar-refractivity contribution in [2.45, 2.75) is 6.92 Å². The second-order valence-corrected chi connectivity index (χ2v) is 5.48. The molecule has 3 nitrogen and oxygen atoms in total. The molecule has 0 radical (unpaired) electrons. The summed E-state index contributed by atoms with van der Waals surface area (Å²) in [6.07, 6.45) is 0.